The second-order valence-electron chi connectivity index (χ2n) is 5.71. The number of hydrogen-bond donors (Lipinski definition) is 2. The summed E-state index contributed by atoms with van der Waals surface area (Å²) >= 11 is 0. The summed E-state index contributed by atoms with van der Waals surface area (Å²) in [5.41, 5.74) is 5.11. The van der Waals surface area contributed by atoms with Crippen molar-refractivity contribution in [3.63, 3.8) is 0 Å². The average molecular weight is 273 g/mol. The van der Waals surface area contributed by atoms with Gasteiger partial charge in [-0.25, -0.2) is 4.79 Å². The van der Waals surface area contributed by atoms with Crippen molar-refractivity contribution in [3.05, 3.63) is 0 Å². The standard InChI is InChI=1S/C14H31N3O2/c1-5-17(12-9-15)11-8-6-7-10-16-13(18)19-14(2,3)4/h5-12,15H2,1-4H3,(H,16,18). The van der Waals surface area contributed by atoms with Gasteiger partial charge in [0.15, 0.2) is 0 Å². The predicted molar refractivity (Wildman–Crippen MR) is 79.3 cm³/mol. The van der Waals surface area contributed by atoms with Crippen LogP contribution >= 0.6 is 0 Å². The minimum Gasteiger partial charge on any atom is -0.444 e. The van der Waals surface area contributed by atoms with Gasteiger partial charge in [0.2, 0.25) is 0 Å². The number of nitrogens with one attached hydrogen (secondary N) is 1. The van der Waals surface area contributed by atoms with E-state index in [-0.39, 0.29) is 6.09 Å². The zero-order chi connectivity index (χ0) is 14.7. The molecule has 5 heteroatoms. The molecule has 0 atom stereocenters. The third-order valence-electron chi connectivity index (χ3n) is 2.71. The molecule has 0 aliphatic rings. The van der Waals surface area contributed by atoms with Crippen LogP contribution in [0.2, 0.25) is 0 Å². The molecule has 0 aromatic rings. The number of nitrogens with zero attached hydrogens (tertiary/aromatic N) is 1. The lowest BCUT2D eigenvalue weighted by molar-refractivity contribution is 0.0527. The molecule has 0 aromatic carbocycles. The van der Waals surface area contributed by atoms with Crippen molar-refractivity contribution in [3.8, 4) is 0 Å². The molecule has 0 bridgehead atoms. The van der Waals surface area contributed by atoms with Crippen LogP contribution in [0.3, 0.4) is 0 Å². The molecule has 0 aromatic heterocycles. The van der Waals surface area contributed by atoms with Crippen molar-refractivity contribution in [2.45, 2.75) is 52.6 Å². The summed E-state index contributed by atoms with van der Waals surface area (Å²) in [4.78, 5) is 13.7. The summed E-state index contributed by atoms with van der Waals surface area (Å²) in [5.74, 6) is 0. The Morgan fingerprint density at radius 2 is 1.89 bits per heavy atom. The SMILES string of the molecule is CCN(CCN)CCCCCNC(=O)OC(C)(C)C. The summed E-state index contributed by atoms with van der Waals surface area (Å²) in [6, 6.07) is 0. The van der Waals surface area contributed by atoms with Crippen LogP contribution in [-0.2, 0) is 4.74 Å². The first-order valence-corrected chi connectivity index (χ1v) is 7.28. The monoisotopic (exact) mass is 273 g/mol. The Morgan fingerprint density at radius 1 is 1.21 bits per heavy atom. The van der Waals surface area contributed by atoms with Crippen molar-refractivity contribution in [2.75, 3.05) is 32.7 Å². The molecule has 114 valence electrons. The van der Waals surface area contributed by atoms with Crippen LogP contribution in [0.15, 0.2) is 0 Å². The highest BCUT2D eigenvalue weighted by atomic mass is 16.6. The normalized spacial score (nSPS) is 11.7. The van der Waals surface area contributed by atoms with E-state index in [0.29, 0.717) is 13.1 Å². The van der Waals surface area contributed by atoms with Crippen molar-refractivity contribution < 1.29 is 9.53 Å². The van der Waals surface area contributed by atoms with E-state index >= 15 is 0 Å². The first kappa shape index (κ1) is 18.2. The molecule has 0 spiro atoms. The smallest absolute Gasteiger partial charge is 0.407 e. The van der Waals surface area contributed by atoms with Gasteiger partial charge in [0.1, 0.15) is 5.60 Å². The lowest BCUT2D eigenvalue weighted by Crippen LogP contribution is -2.33. The Kier molecular flexibility index (Phi) is 9.61. The number of carbonyl (C=O) groups is 1. The zero-order valence-electron chi connectivity index (χ0n) is 13.0. The largest absolute Gasteiger partial charge is 0.444 e. The van der Waals surface area contributed by atoms with E-state index in [2.05, 4.69) is 17.1 Å². The van der Waals surface area contributed by atoms with Gasteiger partial charge in [0.25, 0.3) is 0 Å². The van der Waals surface area contributed by atoms with Crippen LogP contribution in [0.4, 0.5) is 4.79 Å². The summed E-state index contributed by atoms with van der Waals surface area (Å²) in [6.45, 7) is 12.2. The number of ether oxygens (including phenoxy) is 1. The molecule has 5 nitrogen and oxygen atoms in total. The Balaban J connectivity index is 3.47. The number of nitrogens with two attached hydrogens (primary N) is 1. The summed E-state index contributed by atoms with van der Waals surface area (Å²) < 4.78 is 5.16. The molecular weight excluding hydrogens is 242 g/mol. The molecule has 3 N–H and O–H groups in total. The van der Waals surface area contributed by atoms with Crippen LogP contribution in [0.25, 0.3) is 0 Å². The van der Waals surface area contributed by atoms with E-state index in [1.807, 2.05) is 20.8 Å². The Labute approximate surface area is 117 Å². The third kappa shape index (κ3) is 12.0. The molecular formula is C14H31N3O2. The number of hydrogen-bond acceptors (Lipinski definition) is 4. The number of rotatable bonds is 9. The second-order valence-corrected chi connectivity index (χ2v) is 5.71. The highest BCUT2D eigenvalue weighted by Crippen LogP contribution is 2.06. The average Bonchev–Trinajstić information content (AvgIpc) is 2.29. The van der Waals surface area contributed by atoms with E-state index in [4.69, 9.17) is 10.5 Å². The minimum absolute atomic E-state index is 0.328. The molecule has 0 saturated heterocycles. The summed E-state index contributed by atoms with van der Waals surface area (Å²) in [7, 11) is 0. The number of likely N-dealkylation sites (N-methyl/N-ethyl adjacent to an activating group) is 1. The van der Waals surface area contributed by atoms with Gasteiger partial charge in [-0.3, -0.25) is 0 Å². The fourth-order valence-corrected chi connectivity index (χ4v) is 1.75. The highest BCUT2D eigenvalue weighted by Gasteiger charge is 2.15. The minimum atomic E-state index is -0.423. The van der Waals surface area contributed by atoms with E-state index in [1.54, 1.807) is 0 Å². The molecule has 0 rings (SSSR count). The summed E-state index contributed by atoms with van der Waals surface area (Å²) in [6.07, 6.45) is 2.91. The fraction of sp³-hybridized carbons (Fsp3) is 0.929. The first-order chi connectivity index (χ1) is 8.89. The highest BCUT2D eigenvalue weighted by molar-refractivity contribution is 5.67. The van der Waals surface area contributed by atoms with Crippen LogP contribution in [0, 0.1) is 0 Å². The molecule has 0 aliphatic heterocycles. The molecule has 0 radical (unpaired) electrons. The molecule has 0 unspecified atom stereocenters. The molecule has 0 saturated carbocycles. The fourth-order valence-electron chi connectivity index (χ4n) is 1.75. The van der Waals surface area contributed by atoms with Gasteiger partial charge in [-0.1, -0.05) is 13.3 Å². The number of unbranched alkanes of at least 4 members (excludes halogenated alkanes) is 2. The van der Waals surface area contributed by atoms with E-state index in [9.17, 15) is 4.79 Å². The molecule has 1 amide bonds. The van der Waals surface area contributed by atoms with Gasteiger partial charge >= 0.3 is 6.09 Å². The molecule has 19 heavy (non-hydrogen) atoms. The van der Waals surface area contributed by atoms with Crippen LogP contribution < -0.4 is 11.1 Å². The maximum Gasteiger partial charge on any atom is 0.407 e. The van der Waals surface area contributed by atoms with Gasteiger partial charge in [-0.2, -0.15) is 0 Å². The lowest BCUT2D eigenvalue weighted by Gasteiger charge is -2.20. The quantitative estimate of drug-likeness (QED) is 0.630. The molecule has 0 heterocycles. The summed E-state index contributed by atoms with van der Waals surface area (Å²) in [5, 5.41) is 2.77. The van der Waals surface area contributed by atoms with Crippen molar-refractivity contribution in [1.29, 1.82) is 0 Å². The zero-order valence-corrected chi connectivity index (χ0v) is 13.0. The van der Waals surface area contributed by atoms with E-state index in [0.717, 1.165) is 38.9 Å². The maximum absolute atomic E-state index is 11.4. The van der Waals surface area contributed by atoms with Crippen molar-refractivity contribution >= 4 is 6.09 Å². The van der Waals surface area contributed by atoms with Gasteiger partial charge in [0, 0.05) is 19.6 Å². The number of carbonyl (C=O) groups excluding carboxylic acids is 1. The van der Waals surface area contributed by atoms with Gasteiger partial charge in [-0.15, -0.1) is 0 Å². The first-order valence-electron chi connectivity index (χ1n) is 7.28. The second kappa shape index (κ2) is 10.0. The van der Waals surface area contributed by atoms with Crippen LogP contribution in [0.1, 0.15) is 47.0 Å². The van der Waals surface area contributed by atoms with Crippen molar-refractivity contribution in [1.82, 2.24) is 10.2 Å². The van der Waals surface area contributed by atoms with E-state index in [1.165, 1.54) is 0 Å². The maximum atomic E-state index is 11.4. The van der Waals surface area contributed by atoms with Gasteiger partial charge < -0.3 is 20.7 Å². The molecule has 0 fully saturated rings. The Bertz CT molecular complexity index is 239. The van der Waals surface area contributed by atoms with Gasteiger partial charge in [0.05, 0.1) is 0 Å². The van der Waals surface area contributed by atoms with Crippen molar-refractivity contribution in [2.24, 2.45) is 5.73 Å². The number of amides is 1. The lowest BCUT2D eigenvalue weighted by atomic mass is 10.2. The van der Waals surface area contributed by atoms with Crippen LogP contribution in [0.5, 0.6) is 0 Å². The van der Waals surface area contributed by atoms with Crippen LogP contribution in [-0.4, -0.2) is 49.3 Å². The number of alkyl carbamates (subject to hydrolysis) is 1. The van der Waals surface area contributed by atoms with E-state index < -0.39 is 5.60 Å². The Morgan fingerprint density at radius 3 is 2.42 bits per heavy atom. The molecule has 0 aliphatic carbocycles. The topological polar surface area (TPSA) is 67.6 Å². The van der Waals surface area contributed by atoms with Gasteiger partial charge in [-0.05, 0) is 46.7 Å². The third-order valence-corrected chi connectivity index (χ3v) is 2.71. The Hall–Kier alpha value is -0.810. The predicted octanol–water partition coefficient (Wildman–Crippen LogP) is 1.96.